The van der Waals surface area contributed by atoms with Crippen LogP contribution in [0.25, 0.3) is 11.1 Å². The number of hydrogen-bond donors (Lipinski definition) is 3. The molecule has 3 heterocycles. The van der Waals surface area contributed by atoms with Gasteiger partial charge in [0.2, 0.25) is 5.91 Å². The van der Waals surface area contributed by atoms with Crippen LogP contribution in [0.15, 0.2) is 103 Å². The molecule has 58 heavy (non-hydrogen) atoms. The van der Waals surface area contributed by atoms with Gasteiger partial charge in [-0.3, -0.25) is 19.4 Å². The van der Waals surface area contributed by atoms with Gasteiger partial charge in [-0.05, 0) is 122 Å². The Morgan fingerprint density at radius 2 is 1.38 bits per heavy atom. The van der Waals surface area contributed by atoms with Crippen LogP contribution in [-0.4, -0.2) is 89.0 Å². The molecule has 308 valence electrons. The van der Waals surface area contributed by atoms with Crippen LogP contribution in [0, 0.1) is 11.8 Å². The van der Waals surface area contributed by atoms with E-state index >= 15 is 0 Å². The van der Waals surface area contributed by atoms with Gasteiger partial charge in [0.15, 0.2) is 0 Å². The lowest BCUT2D eigenvalue weighted by Gasteiger charge is -2.32. The number of likely N-dealkylation sites (tertiary alicyclic amines) is 1. The van der Waals surface area contributed by atoms with Crippen molar-refractivity contribution in [2.45, 2.75) is 64.1 Å². The van der Waals surface area contributed by atoms with Crippen molar-refractivity contribution in [3.63, 3.8) is 0 Å². The number of hydrogen-bond acceptors (Lipinski definition) is 6. The first-order valence-electron chi connectivity index (χ1n) is 20.0. The molecule has 10 nitrogen and oxygen atoms in total. The molecule has 3 N–H and O–H groups in total. The normalized spacial score (nSPS) is 14.8. The van der Waals surface area contributed by atoms with Crippen molar-refractivity contribution in [3.8, 4) is 11.1 Å². The van der Waals surface area contributed by atoms with Crippen LogP contribution in [0.4, 0.5) is 13.2 Å². The maximum absolute atomic E-state index is 13.6. The van der Waals surface area contributed by atoms with Crippen molar-refractivity contribution in [3.05, 3.63) is 126 Å². The molecule has 0 unspecified atom stereocenters. The quantitative estimate of drug-likeness (QED) is 0.121. The molecular formula is C45H52F3N5O5. The van der Waals surface area contributed by atoms with Gasteiger partial charge in [-0.1, -0.05) is 67.8 Å². The number of benzene rings is 3. The fourth-order valence-electron chi connectivity index (χ4n) is 7.44. The Kier molecular flexibility index (Phi) is 16.4. The molecule has 0 saturated carbocycles. The number of nitrogens with zero attached hydrogens (tertiary/aromatic N) is 3. The average Bonchev–Trinajstić information content (AvgIpc) is 3.25. The van der Waals surface area contributed by atoms with Gasteiger partial charge in [0, 0.05) is 49.7 Å². The van der Waals surface area contributed by atoms with E-state index in [1.807, 2.05) is 65.6 Å². The molecule has 0 radical (unpaired) electrons. The molecule has 0 atom stereocenters. The minimum atomic E-state index is -5.08. The highest BCUT2D eigenvalue weighted by Crippen LogP contribution is 2.28. The van der Waals surface area contributed by atoms with Crippen molar-refractivity contribution in [1.29, 1.82) is 0 Å². The van der Waals surface area contributed by atoms with Gasteiger partial charge < -0.3 is 25.5 Å². The maximum Gasteiger partial charge on any atom is 0.490 e. The van der Waals surface area contributed by atoms with Crippen LogP contribution >= 0.6 is 0 Å². The van der Waals surface area contributed by atoms with Crippen LogP contribution in [0.2, 0.25) is 0 Å². The van der Waals surface area contributed by atoms with Crippen molar-refractivity contribution in [2.75, 3.05) is 39.3 Å². The fraction of sp³-hybridized carbons (Fsp3) is 0.400. The molecule has 0 aliphatic carbocycles. The summed E-state index contributed by atoms with van der Waals surface area (Å²) in [5.74, 6) is -1.47. The van der Waals surface area contributed by atoms with Crippen LogP contribution in [0.1, 0.15) is 76.8 Å². The monoisotopic (exact) mass is 799 g/mol. The van der Waals surface area contributed by atoms with E-state index < -0.39 is 12.1 Å². The van der Waals surface area contributed by atoms with Gasteiger partial charge in [-0.2, -0.15) is 13.2 Å². The molecule has 13 heteroatoms. The summed E-state index contributed by atoms with van der Waals surface area (Å²) < 4.78 is 31.7. The Morgan fingerprint density at radius 3 is 2.03 bits per heavy atom. The highest BCUT2D eigenvalue weighted by molar-refractivity contribution is 5.96. The number of carboxylic acids is 1. The van der Waals surface area contributed by atoms with Crippen molar-refractivity contribution < 1.29 is 37.5 Å². The van der Waals surface area contributed by atoms with Gasteiger partial charge in [0.05, 0.1) is 6.54 Å². The second-order valence-corrected chi connectivity index (χ2v) is 14.9. The zero-order valence-corrected chi connectivity index (χ0v) is 32.6. The topological polar surface area (TPSA) is 132 Å². The molecule has 0 bridgehead atoms. The van der Waals surface area contributed by atoms with Crippen LogP contribution in [-0.2, 0) is 22.6 Å². The lowest BCUT2D eigenvalue weighted by atomic mass is 9.87. The van der Waals surface area contributed by atoms with E-state index in [1.165, 1.54) is 45.2 Å². The Morgan fingerprint density at radius 1 is 0.776 bits per heavy atom. The number of carbonyl (C=O) groups is 4. The summed E-state index contributed by atoms with van der Waals surface area (Å²) in [6, 6.07) is 28.9. The summed E-state index contributed by atoms with van der Waals surface area (Å²) in [4.78, 5) is 56.6. The van der Waals surface area contributed by atoms with Crippen LogP contribution < -0.4 is 10.6 Å². The number of rotatable bonds is 14. The van der Waals surface area contributed by atoms with E-state index in [2.05, 4.69) is 21.7 Å². The first-order valence-corrected chi connectivity index (χ1v) is 20.0. The first kappa shape index (κ1) is 43.6. The SMILES string of the molecule is O=C(NCC(=O)N(CCc1ccncc1)Cc1cccc(-c2cccc(C(=O)N3CCC(CCCC4CCNCC4)CC3)c2)c1)c1ccccc1.O=C(O)C(F)(F)F. The second-order valence-electron chi connectivity index (χ2n) is 14.9. The molecule has 2 aliphatic heterocycles. The molecule has 2 aliphatic rings. The van der Waals surface area contributed by atoms with Gasteiger partial charge in [0.25, 0.3) is 11.8 Å². The number of aromatic nitrogens is 1. The molecule has 1 aromatic heterocycles. The molecule has 3 aromatic carbocycles. The first-order chi connectivity index (χ1) is 28.0. The Balaban J connectivity index is 0.000000839. The van der Waals surface area contributed by atoms with E-state index in [0.717, 1.165) is 60.0 Å². The van der Waals surface area contributed by atoms with Crippen molar-refractivity contribution in [1.82, 2.24) is 25.4 Å². The van der Waals surface area contributed by atoms with E-state index in [-0.39, 0.29) is 24.3 Å². The highest BCUT2D eigenvalue weighted by Gasteiger charge is 2.38. The number of amides is 3. The second kappa shape index (κ2) is 21.8. The van der Waals surface area contributed by atoms with Crippen molar-refractivity contribution in [2.24, 2.45) is 11.8 Å². The predicted molar refractivity (Wildman–Crippen MR) is 216 cm³/mol. The third-order valence-corrected chi connectivity index (χ3v) is 10.8. The lowest BCUT2D eigenvalue weighted by Crippen LogP contribution is -2.40. The van der Waals surface area contributed by atoms with Crippen LogP contribution in [0.3, 0.4) is 0 Å². The summed E-state index contributed by atoms with van der Waals surface area (Å²) in [6.07, 6.45) is 7.85. The molecule has 0 spiro atoms. The predicted octanol–water partition coefficient (Wildman–Crippen LogP) is 7.41. The van der Waals surface area contributed by atoms with Gasteiger partial charge in [-0.25, -0.2) is 4.79 Å². The summed E-state index contributed by atoms with van der Waals surface area (Å²) in [5.41, 5.74) is 5.26. The Hall–Kier alpha value is -5.56. The van der Waals surface area contributed by atoms with E-state index in [1.54, 1.807) is 41.6 Å². The number of carboxylic acid groups (broad SMARTS) is 1. The molecule has 4 aromatic rings. The zero-order chi connectivity index (χ0) is 41.3. The van der Waals surface area contributed by atoms with Gasteiger partial charge in [0.1, 0.15) is 0 Å². The van der Waals surface area contributed by atoms with Crippen molar-refractivity contribution >= 4 is 23.7 Å². The summed E-state index contributed by atoms with van der Waals surface area (Å²) in [7, 11) is 0. The lowest BCUT2D eigenvalue weighted by molar-refractivity contribution is -0.192. The zero-order valence-electron chi connectivity index (χ0n) is 32.6. The Labute approximate surface area is 337 Å². The summed E-state index contributed by atoms with van der Waals surface area (Å²) in [5, 5.41) is 13.4. The number of nitrogens with one attached hydrogen (secondary N) is 2. The fourth-order valence-corrected chi connectivity index (χ4v) is 7.44. The number of halogens is 3. The molecule has 2 saturated heterocycles. The van der Waals surface area contributed by atoms with Gasteiger partial charge >= 0.3 is 12.1 Å². The third kappa shape index (κ3) is 13.8. The minimum Gasteiger partial charge on any atom is -0.475 e. The number of piperidine rings is 2. The third-order valence-electron chi connectivity index (χ3n) is 10.8. The molecule has 6 rings (SSSR count). The van der Waals surface area contributed by atoms with E-state index in [4.69, 9.17) is 9.90 Å². The minimum absolute atomic E-state index is 0.0937. The highest BCUT2D eigenvalue weighted by atomic mass is 19.4. The number of aliphatic carboxylic acids is 1. The maximum atomic E-state index is 13.6. The smallest absolute Gasteiger partial charge is 0.475 e. The molecular weight excluding hydrogens is 748 g/mol. The molecule has 3 amide bonds. The largest absolute Gasteiger partial charge is 0.490 e. The average molecular weight is 800 g/mol. The van der Waals surface area contributed by atoms with Gasteiger partial charge in [-0.15, -0.1) is 0 Å². The van der Waals surface area contributed by atoms with Crippen LogP contribution in [0.5, 0.6) is 0 Å². The summed E-state index contributed by atoms with van der Waals surface area (Å²) in [6.45, 7) is 4.78. The van der Waals surface area contributed by atoms with E-state index in [9.17, 15) is 27.6 Å². The summed E-state index contributed by atoms with van der Waals surface area (Å²) >= 11 is 0. The number of carbonyl (C=O) groups excluding carboxylic acids is 3. The number of alkyl halides is 3. The Bertz CT molecular complexity index is 1930. The van der Waals surface area contributed by atoms with E-state index in [0.29, 0.717) is 30.6 Å². The number of pyridine rings is 1. The standard InChI is InChI=1S/C43H51N5O3.C2HF3O2/c49-41(31-46-42(50)37-10-2-1-3-11-37)48(28-21-35-17-24-45-25-18-35)32-36-9-5-12-38(29-36)39-13-6-14-40(30-39)43(51)47-26-19-34(20-27-47)8-4-7-33-15-22-44-23-16-33;3-2(4,5)1(6)7/h1-3,5-6,9-14,17-18,24-25,29-30,33-34,44H,4,7-8,15-16,19-23,26-28,31-32H2,(H,46,50);(H,6,7). The molecule has 2 fully saturated rings.